The Balaban J connectivity index is 2.32. The molecule has 1 rings (SSSR count). The van der Waals surface area contributed by atoms with Crippen molar-refractivity contribution in [2.75, 3.05) is 19.8 Å². The van der Waals surface area contributed by atoms with Gasteiger partial charge in [-0.2, -0.15) is 0 Å². The summed E-state index contributed by atoms with van der Waals surface area (Å²) in [6.07, 6.45) is 44.5. The van der Waals surface area contributed by atoms with Gasteiger partial charge in [0.15, 0.2) is 0 Å². The molecule has 13 heteroatoms. The normalized spacial score (nSPS) is 21.5. The third-order valence-corrected chi connectivity index (χ3v) is 13.7. The number of hydrogen-bond donors (Lipinski definition) is 6. The van der Waals surface area contributed by atoms with Gasteiger partial charge >= 0.3 is 13.8 Å². The van der Waals surface area contributed by atoms with E-state index >= 15 is 0 Å². The minimum Gasteiger partial charge on any atom is -0.457 e. The number of rotatable bonds is 47. The summed E-state index contributed by atoms with van der Waals surface area (Å²) in [5, 5.41) is 50.4. The van der Waals surface area contributed by atoms with E-state index in [0.29, 0.717) is 13.0 Å². The number of ether oxygens (including phenoxy) is 2. The molecule has 0 aromatic heterocycles. The molecular formula is C55H101O12P. The lowest BCUT2D eigenvalue weighted by Crippen LogP contribution is -2.64. The molecule has 12 nitrogen and oxygen atoms in total. The van der Waals surface area contributed by atoms with Gasteiger partial charge in [0.25, 0.3) is 0 Å². The minimum atomic E-state index is -5.03. The van der Waals surface area contributed by atoms with E-state index in [9.17, 15) is 39.8 Å². The number of allylic oxidation sites excluding steroid dienone is 8. The van der Waals surface area contributed by atoms with Gasteiger partial charge in [0.1, 0.15) is 42.7 Å². The molecule has 0 aliphatic heterocycles. The lowest BCUT2D eigenvalue weighted by molar-refractivity contribution is -0.220. The smallest absolute Gasteiger partial charge is 0.457 e. The number of aliphatic hydroxyl groups is 5. The summed E-state index contributed by atoms with van der Waals surface area (Å²) in [4.78, 5) is 23.3. The predicted octanol–water partition coefficient (Wildman–Crippen LogP) is 12.8. The molecule has 0 aromatic rings. The molecule has 68 heavy (non-hydrogen) atoms. The quantitative estimate of drug-likeness (QED) is 0.0147. The Morgan fingerprint density at radius 3 is 1.26 bits per heavy atom. The number of carbonyl (C=O) groups excluding carboxylic acids is 1. The zero-order valence-corrected chi connectivity index (χ0v) is 43.8. The number of phosphoric acid groups is 1. The first kappa shape index (κ1) is 64.3. The fraction of sp³-hybridized carbons (Fsp3) is 0.836. The molecule has 0 saturated heterocycles. The first-order chi connectivity index (χ1) is 33.0. The number of aliphatic hydroxyl groups excluding tert-OH is 5. The SMILES string of the molecule is CCCCC/C=C\C/C=C\CCCCCCCCCCCCOCC(COP(=O)(O)OC1C(O)C(O)C(O)C(O)C1O)OC(=O)CCCCCCCCCCC/C=C\C/C=C\CCCCCCC. The molecule has 0 heterocycles. The molecule has 398 valence electrons. The van der Waals surface area contributed by atoms with Crippen molar-refractivity contribution in [3.8, 4) is 0 Å². The van der Waals surface area contributed by atoms with E-state index in [2.05, 4.69) is 62.5 Å². The van der Waals surface area contributed by atoms with Gasteiger partial charge in [-0.3, -0.25) is 13.8 Å². The Morgan fingerprint density at radius 2 is 0.824 bits per heavy atom. The van der Waals surface area contributed by atoms with Crippen molar-refractivity contribution >= 4 is 13.8 Å². The van der Waals surface area contributed by atoms with E-state index < -0.39 is 63.1 Å². The molecule has 0 aromatic carbocycles. The van der Waals surface area contributed by atoms with Gasteiger partial charge in [-0.15, -0.1) is 0 Å². The van der Waals surface area contributed by atoms with E-state index in [4.69, 9.17) is 18.5 Å². The Labute approximate surface area is 414 Å². The molecule has 0 spiro atoms. The number of hydrogen-bond acceptors (Lipinski definition) is 11. The van der Waals surface area contributed by atoms with Crippen LogP contribution in [0.1, 0.15) is 232 Å². The second-order valence-electron chi connectivity index (χ2n) is 19.1. The van der Waals surface area contributed by atoms with Crippen LogP contribution in [0.2, 0.25) is 0 Å². The van der Waals surface area contributed by atoms with E-state index in [-0.39, 0.29) is 13.0 Å². The zero-order valence-electron chi connectivity index (χ0n) is 42.9. The molecule has 1 fully saturated rings. The molecule has 1 aliphatic rings. The van der Waals surface area contributed by atoms with Crippen molar-refractivity contribution < 1.29 is 58.3 Å². The van der Waals surface area contributed by atoms with Crippen LogP contribution in [0.25, 0.3) is 0 Å². The zero-order chi connectivity index (χ0) is 49.8. The van der Waals surface area contributed by atoms with Gasteiger partial charge in [-0.25, -0.2) is 4.57 Å². The Kier molecular flexibility index (Phi) is 42.7. The van der Waals surface area contributed by atoms with Crippen molar-refractivity contribution in [3.05, 3.63) is 48.6 Å². The van der Waals surface area contributed by atoms with Gasteiger partial charge < -0.3 is 39.9 Å². The molecule has 1 aliphatic carbocycles. The Hall–Kier alpha value is -1.70. The maximum atomic E-state index is 12.9. The Bertz CT molecular complexity index is 1310. The highest BCUT2D eigenvalue weighted by molar-refractivity contribution is 7.47. The van der Waals surface area contributed by atoms with Crippen molar-refractivity contribution in [1.82, 2.24) is 0 Å². The maximum absolute atomic E-state index is 12.9. The van der Waals surface area contributed by atoms with Crippen LogP contribution >= 0.6 is 7.82 Å². The van der Waals surface area contributed by atoms with Crippen LogP contribution in [0.5, 0.6) is 0 Å². The first-order valence-electron chi connectivity index (χ1n) is 27.5. The van der Waals surface area contributed by atoms with Crippen LogP contribution < -0.4 is 0 Å². The largest absolute Gasteiger partial charge is 0.472 e. The summed E-state index contributed by atoms with van der Waals surface area (Å²) >= 11 is 0. The Morgan fingerprint density at radius 1 is 0.471 bits per heavy atom. The van der Waals surface area contributed by atoms with Crippen molar-refractivity contribution in [1.29, 1.82) is 0 Å². The highest BCUT2D eigenvalue weighted by Crippen LogP contribution is 2.47. The van der Waals surface area contributed by atoms with Crippen molar-refractivity contribution in [3.63, 3.8) is 0 Å². The lowest BCUT2D eigenvalue weighted by atomic mass is 9.85. The molecule has 6 unspecified atom stereocenters. The predicted molar refractivity (Wildman–Crippen MR) is 276 cm³/mol. The average Bonchev–Trinajstić information content (AvgIpc) is 3.32. The summed E-state index contributed by atoms with van der Waals surface area (Å²) in [5.74, 6) is -0.481. The minimum absolute atomic E-state index is 0.0804. The number of unbranched alkanes of at least 4 members (excludes halogenated alkanes) is 27. The van der Waals surface area contributed by atoms with Crippen molar-refractivity contribution in [2.24, 2.45) is 0 Å². The third kappa shape index (κ3) is 36.3. The van der Waals surface area contributed by atoms with E-state index in [1.165, 1.54) is 141 Å². The maximum Gasteiger partial charge on any atom is 0.472 e. The summed E-state index contributed by atoms with van der Waals surface area (Å²) in [6.45, 7) is 4.24. The van der Waals surface area contributed by atoms with Crippen molar-refractivity contribution in [2.45, 2.75) is 275 Å². The lowest BCUT2D eigenvalue weighted by Gasteiger charge is -2.41. The van der Waals surface area contributed by atoms with E-state index in [1.807, 2.05) is 0 Å². The van der Waals surface area contributed by atoms with Gasteiger partial charge in [0.2, 0.25) is 0 Å². The standard InChI is InChI=1S/C55H101O12P/c1-3-5-7-9-11-13-15-17-19-21-23-25-26-28-30-32-34-36-38-40-42-44-49(56)66-48(47-65-68(62,63)67-55-53(60)51(58)50(57)52(59)54(55)61)46-64-45-43-41-39-37-35-33-31-29-27-24-22-20-18-16-14-12-10-8-6-4-2/h12,14-15,17-18,20-21,23,48,50-55,57-61H,3-11,13,16,19,22,24-47H2,1-2H3,(H,62,63)/b14-12-,17-15-,20-18-,23-21-. The highest BCUT2D eigenvalue weighted by Gasteiger charge is 2.51. The topological polar surface area (TPSA) is 192 Å². The fourth-order valence-electron chi connectivity index (χ4n) is 8.30. The van der Waals surface area contributed by atoms with Gasteiger partial charge in [0, 0.05) is 13.0 Å². The van der Waals surface area contributed by atoms with Gasteiger partial charge in [-0.1, -0.05) is 197 Å². The fourth-order valence-corrected chi connectivity index (χ4v) is 9.27. The van der Waals surface area contributed by atoms with Crippen LogP contribution in [0.3, 0.4) is 0 Å². The number of carbonyl (C=O) groups is 1. The summed E-state index contributed by atoms with van der Waals surface area (Å²) in [5.41, 5.74) is 0. The van der Waals surface area contributed by atoms with Gasteiger partial charge in [0.05, 0.1) is 13.2 Å². The van der Waals surface area contributed by atoms with Crippen LogP contribution in [0.15, 0.2) is 48.6 Å². The summed E-state index contributed by atoms with van der Waals surface area (Å²) < 4.78 is 34.4. The highest BCUT2D eigenvalue weighted by atomic mass is 31.2. The summed E-state index contributed by atoms with van der Waals surface area (Å²) in [6, 6.07) is 0. The molecular weight excluding hydrogens is 884 g/mol. The van der Waals surface area contributed by atoms with Crippen LogP contribution in [-0.4, -0.2) is 98.9 Å². The molecule has 0 amide bonds. The average molecular weight is 985 g/mol. The van der Waals surface area contributed by atoms with Gasteiger partial charge in [-0.05, 0) is 77.0 Å². The molecule has 1 saturated carbocycles. The second-order valence-corrected chi connectivity index (χ2v) is 20.5. The summed E-state index contributed by atoms with van der Waals surface area (Å²) in [7, 11) is -5.03. The monoisotopic (exact) mass is 985 g/mol. The number of phosphoric ester groups is 1. The molecule has 6 atom stereocenters. The first-order valence-corrected chi connectivity index (χ1v) is 29.0. The van der Waals surface area contributed by atoms with E-state index in [0.717, 1.165) is 64.2 Å². The van der Waals surface area contributed by atoms with E-state index in [1.54, 1.807) is 0 Å². The number of esters is 1. The van der Waals surface area contributed by atoms with Crippen LogP contribution in [-0.2, 0) is 27.9 Å². The molecule has 0 radical (unpaired) electrons. The van der Waals surface area contributed by atoms with Crippen LogP contribution in [0, 0.1) is 0 Å². The third-order valence-electron chi connectivity index (χ3n) is 12.7. The molecule has 6 N–H and O–H groups in total. The second kappa shape index (κ2) is 45.2. The molecule has 0 bridgehead atoms. The van der Waals surface area contributed by atoms with Crippen LogP contribution in [0.4, 0.5) is 0 Å².